The third-order valence-electron chi connectivity index (χ3n) is 3.26. The maximum Gasteiger partial charge on any atom is 0.387 e. The van der Waals surface area contributed by atoms with E-state index in [4.69, 9.17) is 5.11 Å². The van der Waals surface area contributed by atoms with Crippen LogP contribution in [0.2, 0.25) is 0 Å². The molecule has 2 rings (SSSR count). The second kappa shape index (κ2) is 6.49. The van der Waals surface area contributed by atoms with E-state index in [9.17, 15) is 13.6 Å². The van der Waals surface area contributed by atoms with Crippen LogP contribution in [-0.2, 0) is 11.3 Å². The van der Waals surface area contributed by atoms with Gasteiger partial charge in [-0.3, -0.25) is 9.69 Å². The zero-order valence-electron chi connectivity index (χ0n) is 10.6. The standard InChI is InChI=1S/C13H14BrF2NO3/c14-9-3-4-11(20-13(15)16)8(6-9)7-17-5-1-2-10(17)12(18)19/h3-4,6,10,13H,1-2,5,7H2,(H,18,19)/t10-/m1/s1. The van der Waals surface area contributed by atoms with Crippen molar-refractivity contribution in [2.24, 2.45) is 0 Å². The number of carboxylic acids is 1. The van der Waals surface area contributed by atoms with Gasteiger partial charge in [0.2, 0.25) is 0 Å². The maximum absolute atomic E-state index is 12.4. The van der Waals surface area contributed by atoms with Crippen molar-refractivity contribution in [3.8, 4) is 5.75 Å². The van der Waals surface area contributed by atoms with Crippen molar-refractivity contribution < 1.29 is 23.4 Å². The van der Waals surface area contributed by atoms with Crippen molar-refractivity contribution in [2.75, 3.05) is 6.54 Å². The minimum Gasteiger partial charge on any atom is -0.480 e. The van der Waals surface area contributed by atoms with Gasteiger partial charge in [-0.05, 0) is 37.6 Å². The average molecular weight is 350 g/mol. The normalized spacial score (nSPS) is 19.5. The quantitative estimate of drug-likeness (QED) is 0.887. The number of rotatable bonds is 5. The number of nitrogens with zero attached hydrogens (tertiary/aromatic N) is 1. The molecular weight excluding hydrogens is 336 g/mol. The van der Waals surface area contributed by atoms with Crippen molar-refractivity contribution in [1.29, 1.82) is 0 Å². The predicted octanol–water partition coefficient (Wildman–Crippen LogP) is 3.10. The molecule has 1 atom stereocenters. The molecule has 1 heterocycles. The molecule has 1 N–H and O–H groups in total. The number of halogens is 3. The molecule has 0 aromatic heterocycles. The lowest BCUT2D eigenvalue weighted by Crippen LogP contribution is -2.35. The van der Waals surface area contributed by atoms with Gasteiger partial charge in [0.1, 0.15) is 11.8 Å². The van der Waals surface area contributed by atoms with E-state index in [-0.39, 0.29) is 12.3 Å². The zero-order valence-corrected chi connectivity index (χ0v) is 12.1. The molecule has 1 aromatic carbocycles. The summed E-state index contributed by atoms with van der Waals surface area (Å²) in [5, 5.41) is 9.13. The van der Waals surface area contributed by atoms with E-state index in [1.165, 1.54) is 6.07 Å². The molecule has 4 nitrogen and oxygen atoms in total. The summed E-state index contributed by atoms with van der Waals surface area (Å²) in [6.07, 6.45) is 1.37. The molecule has 7 heteroatoms. The number of carbonyl (C=O) groups is 1. The van der Waals surface area contributed by atoms with Crippen LogP contribution in [0.5, 0.6) is 5.75 Å². The summed E-state index contributed by atoms with van der Waals surface area (Å²) >= 11 is 3.28. The topological polar surface area (TPSA) is 49.8 Å². The molecule has 0 spiro atoms. The molecule has 0 saturated carbocycles. The summed E-state index contributed by atoms with van der Waals surface area (Å²) in [4.78, 5) is 12.9. The second-order valence-electron chi connectivity index (χ2n) is 4.60. The molecule has 0 aliphatic carbocycles. The molecule has 0 bridgehead atoms. The van der Waals surface area contributed by atoms with Crippen molar-refractivity contribution in [3.63, 3.8) is 0 Å². The van der Waals surface area contributed by atoms with Crippen LogP contribution in [0, 0.1) is 0 Å². The van der Waals surface area contributed by atoms with Gasteiger partial charge in [0.15, 0.2) is 0 Å². The Labute approximate surface area is 123 Å². The SMILES string of the molecule is O=C(O)[C@H]1CCCN1Cc1cc(Br)ccc1OC(F)F. The van der Waals surface area contributed by atoms with Crippen LogP contribution in [0.3, 0.4) is 0 Å². The zero-order chi connectivity index (χ0) is 14.7. The third kappa shape index (κ3) is 3.67. The Morgan fingerprint density at radius 1 is 1.55 bits per heavy atom. The Bertz CT molecular complexity index is 499. The molecule has 1 saturated heterocycles. The molecule has 0 radical (unpaired) electrons. The van der Waals surface area contributed by atoms with Gasteiger partial charge in [-0.25, -0.2) is 0 Å². The largest absolute Gasteiger partial charge is 0.480 e. The summed E-state index contributed by atoms with van der Waals surface area (Å²) in [6.45, 7) is -1.99. The number of hydrogen-bond acceptors (Lipinski definition) is 3. The number of carboxylic acid groups (broad SMARTS) is 1. The van der Waals surface area contributed by atoms with Crippen LogP contribution in [0.4, 0.5) is 8.78 Å². The fraction of sp³-hybridized carbons (Fsp3) is 0.462. The number of aliphatic carboxylic acids is 1. The van der Waals surface area contributed by atoms with Gasteiger partial charge >= 0.3 is 12.6 Å². The summed E-state index contributed by atoms with van der Waals surface area (Å²) in [6, 6.07) is 4.18. The van der Waals surface area contributed by atoms with Gasteiger partial charge < -0.3 is 9.84 Å². The molecule has 1 aromatic rings. The Kier molecular flexibility index (Phi) is 4.93. The lowest BCUT2D eigenvalue weighted by Gasteiger charge is -2.22. The highest BCUT2D eigenvalue weighted by atomic mass is 79.9. The first-order valence-electron chi connectivity index (χ1n) is 6.17. The number of benzene rings is 1. The molecule has 0 unspecified atom stereocenters. The van der Waals surface area contributed by atoms with Gasteiger partial charge in [0, 0.05) is 16.6 Å². The molecule has 110 valence electrons. The van der Waals surface area contributed by atoms with E-state index in [0.717, 1.165) is 10.9 Å². The van der Waals surface area contributed by atoms with Gasteiger partial charge in [0.25, 0.3) is 0 Å². The van der Waals surface area contributed by atoms with Gasteiger partial charge in [0.05, 0.1) is 0 Å². The van der Waals surface area contributed by atoms with Crippen LogP contribution >= 0.6 is 15.9 Å². The molecule has 20 heavy (non-hydrogen) atoms. The van der Waals surface area contributed by atoms with Gasteiger partial charge in [-0.1, -0.05) is 15.9 Å². The fourth-order valence-corrected chi connectivity index (χ4v) is 2.80. The highest BCUT2D eigenvalue weighted by Gasteiger charge is 2.31. The Hall–Kier alpha value is -1.21. The van der Waals surface area contributed by atoms with Crippen molar-refractivity contribution in [3.05, 3.63) is 28.2 Å². The van der Waals surface area contributed by atoms with E-state index < -0.39 is 18.6 Å². The van der Waals surface area contributed by atoms with Crippen molar-refractivity contribution >= 4 is 21.9 Å². The van der Waals surface area contributed by atoms with Crippen LogP contribution in [0.25, 0.3) is 0 Å². The van der Waals surface area contributed by atoms with E-state index in [1.807, 2.05) is 0 Å². The Morgan fingerprint density at radius 2 is 2.30 bits per heavy atom. The Morgan fingerprint density at radius 3 is 2.95 bits per heavy atom. The first-order chi connectivity index (χ1) is 9.47. The average Bonchev–Trinajstić information content (AvgIpc) is 2.80. The fourth-order valence-electron chi connectivity index (χ4n) is 2.40. The highest BCUT2D eigenvalue weighted by Crippen LogP contribution is 2.28. The van der Waals surface area contributed by atoms with Gasteiger partial charge in [-0.15, -0.1) is 0 Å². The number of ether oxygens (including phenoxy) is 1. The molecule has 1 fully saturated rings. The van der Waals surface area contributed by atoms with Crippen molar-refractivity contribution in [2.45, 2.75) is 32.0 Å². The van der Waals surface area contributed by atoms with Gasteiger partial charge in [-0.2, -0.15) is 8.78 Å². The lowest BCUT2D eigenvalue weighted by molar-refractivity contribution is -0.142. The summed E-state index contributed by atoms with van der Waals surface area (Å²) in [7, 11) is 0. The van der Waals surface area contributed by atoms with Crippen molar-refractivity contribution in [1.82, 2.24) is 4.90 Å². The molecule has 1 aliphatic rings. The predicted molar refractivity (Wildman–Crippen MR) is 71.8 cm³/mol. The van der Waals surface area contributed by atoms with E-state index in [1.54, 1.807) is 17.0 Å². The first-order valence-corrected chi connectivity index (χ1v) is 6.97. The van der Waals surface area contributed by atoms with Crippen LogP contribution in [0.1, 0.15) is 18.4 Å². The molecular formula is C13H14BrF2NO3. The maximum atomic E-state index is 12.4. The van der Waals surface area contributed by atoms with Crippen LogP contribution in [-0.4, -0.2) is 35.2 Å². The minimum atomic E-state index is -2.90. The Balaban J connectivity index is 2.19. The smallest absolute Gasteiger partial charge is 0.387 e. The summed E-state index contributed by atoms with van der Waals surface area (Å²) < 4.78 is 30.0. The monoisotopic (exact) mass is 349 g/mol. The van der Waals surface area contributed by atoms with E-state index >= 15 is 0 Å². The first kappa shape index (κ1) is 15.2. The number of alkyl halides is 2. The number of hydrogen-bond donors (Lipinski definition) is 1. The molecule has 0 amide bonds. The number of likely N-dealkylation sites (tertiary alicyclic amines) is 1. The second-order valence-corrected chi connectivity index (χ2v) is 5.51. The lowest BCUT2D eigenvalue weighted by atomic mass is 10.1. The van der Waals surface area contributed by atoms with Crippen LogP contribution < -0.4 is 4.74 Å². The van der Waals surface area contributed by atoms with E-state index in [0.29, 0.717) is 18.5 Å². The third-order valence-corrected chi connectivity index (χ3v) is 3.75. The summed E-state index contributed by atoms with van der Waals surface area (Å²) in [5.74, 6) is -0.798. The summed E-state index contributed by atoms with van der Waals surface area (Å²) in [5.41, 5.74) is 0.549. The molecule has 1 aliphatic heterocycles. The van der Waals surface area contributed by atoms with E-state index in [2.05, 4.69) is 20.7 Å². The minimum absolute atomic E-state index is 0.0826. The van der Waals surface area contributed by atoms with Crippen LogP contribution in [0.15, 0.2) is 22.7 Å². The highest BCUT2D eigenvalue weighted by molar-refractivity contribution is 9.10.